The summed E-state index contributed by atoms with van der Waals surface area (Å²) in [7, 11) is 4.22. The van der Waals surface area contributed by atoms with Crippen LogP contribution in [0.1, 0.15) is 12.8 Å². The first-order chi connectivity index (χ1) is 5.79. The second-order valence-corrected chi connectivity index (χ2v) is 3.70. The highest BCUT2D eigenvalue weighted by Crippen LogP contribution is 2.01. The molecule has 0 amide bonds. The number of nitrogens with zero attached hydrogens (tertiary/aromatic N) is 2. The van der Waals surface area contributed by atoms with E-state index in [4.69, 9.17) is 0 Å². The number of hydrogen-bond acceptors (Lipinski definition) is 2. The second-order valence-electron chi connectivity index (χ2n) is 3.70. The van der Waals surface area contributed by atoms with Gasteiger partial charge < -0.3 is 10.2 Å². The maximum Gasteiger partial charge on any atom is 0.0148 e. The Bertz CT molecular complexity index is 108. The number of hydrogen-bond donors (Lipinski definition) is 1. The lowest BCUT2D eigenvalue weighted by Gasteiger charge is -2.23. The van der Waals surface area contributed by atoms with E-state index in [0.29, 0.717) is 0 Å². The maximum absolute atomic E-state index is 4.32. The molecule has 0 aromatic rings. The van der Waals surface area contributed by atoms with Gasteiger partial charge in [0.05, 0.1) is 0 Å². The van der Waals surface area contributed by atoms with Crippen LogP contribution in [0.15, 0.2) is 0 Å². The average molecular weight is 170 g/mol. The van der Waals surface area contributed by atoms with Crippen molar-refractivity contribution >= 4 is 0 Å². The minimum absolute atomic E-state index is 0.724. The largest absolute Gasteiger partial charge is 0.313 e. The van der Waals surface area contributed by atoms with Gasteiger partial charge in [0.15, 0.2) is 0 Å². The molecule has 1 radical (unpaired) electrons. The van der Waals surface area contributed by atoms with E-state index in [1.165, 1.54) is 12.8 Å². The normalized spacial score (nSPS) is 20.2. The van der Waals surface area contributed by atoms with Gasteiger partial charge in [0, 0.05) is 32.2 Å². The van der Waals surface area contributed by atoms with E-state index >= 15 is 0 Å². The number of likely N-dealkylation sites (N-methyl/N-ethyl adjacent to an activating group) is 1. The molecular formula is C9H20N3. The lowest BCUT2D eigenvalue weighted by Crippen LogP contribution is -2.40. The summed E-state index contributed by atoms with van der Waals surface area (Å²) in [6.07, 6.45) is 2.46. The van der Waals surface area contributed by atoms with Crippen molar-refractivity contribution < 1.29 is 0 Å². The summed E-state index contributed by atoms with van der Waals surface area (Å²) in [4.78, 5) is 2.21. The Labute approximate surface area is 75.5 Å². The Kier molecular flexibility index (Phi) is 4.58. The first kappa shape index (κ1) is 9.96. The molecule has 0 saturated carbocycles. The predicted octanol–water partition coefficient (Wildman–Crippen LogP) is -0.0956. The maximum atomic E-state index is 4.32. The van der Waals surface area contributed by atoms with Gasteiger partial charge in [-0.15, -0.1) is 0 Å². The summed E-state index contributed by atoms with van der Waals surface area (Å²) in [5.41, 5.74) is 0. The number of piperidine rings is 1. The van der Waals surface area contributed by atoms with E-state index in [1.54, 1.807) is 0 Å². The second kappa shape index (κ2) is 5.51. The molecule has 1 fully saturated rings. The van der Waals surface area contributed by atoms with Gasteiger partial charge >= 0.3 is 0 Å². The first-order valence-corrected chi connectivity index (χ1v) is 4.80. The summed E-state index contributed by atoms with van der Waals surface area (Å²) >= 11 is 0. The Morgan fingerprint density at radius 3 is 2.58 bits per heavy atom. The van der Waals surface area contributed by atoms with E-state index in [-0.39, 0.29) is 0 Å². The Morgan fingerprint density at radius 1 is 1.33 bits per heavy atom. The van der Waals surface area contributed by atoms with Crippen LogP contribution in [0.4, 0.5) is 0 Å². The molecule has 1 rings (SSSR count). The predicted molar refractivity (Wildman–Crippen MR) is 51.4 cm³/mol. The molecular weight excluding hydrogens is 150 g/mol. The van der Waals surface area contributed by atoms with Gasteiger partial charge in [0.25, 0.3) is 0 Å². The third-order valence-corrected chi connectivity index (χ3v) is 2.26. The van der Waals surface area contributed by atoms with E-state index in [0.717, 1.165) is 32.2 Å². The van der Waals surface area contributed by atoms with Gasteiger partial charge in [-0.1, -0.05) is 0 Å². The molecule has 1 aliphatic heterocycles. The summed E-state index contributed by atoms with van der Waals surface area (Å²) in [6.45, 7) is 4.35. The molecule has 0 bridgehead atoms. The van der Waals surface area contributed by atoms with Gasteiger partial charge in [0.1, 0.15) is 0 Å². The Morgan fingerprint density at radius 2 is 2.00 bits per heavy atom. The van der Waals surface area contributed by atoms with Gasteiger partial charge in [-0.25, -0.2) is 5.32 Å². The molecule has 1 saturated heterocycles. The summed E-state index contributed by atoms with van der Waals surface area (Å²) < 4.78 is 0. The van der Waals surface area contributed by atoms with Crippen molar-refractivity contribution in [3.05, 3.63) is 0 Å². The van der Waals surface area contributed by atoms with Gasteiger partial charge in [-0.3, -0.25) is 0 Å². The Balaban J connectivity index is 1.98. The standard InChI is InChI=1S/C9H20N3/c1-12(2)8-7-11-9-3-5-10-6-4-9/h9,11H,3-8H2,1-2H3. The fraction of sp³-hybridized carbons (Fsp3) is 1.00. The number of nitrogens with one attached hydrogen (secondary N) is 1. The van der Waals surface area contributed by atoms with Gasteiger partial charge in [-0.2, -0.15) is 0 Å². The third kappa shape index (κ3) is 4.04. The molecule has 71 valence electrons. The summed E-state index contributed by atoms with van der Waals surface area (Å²) in [6, 6.07) is 0.724. The van der Waals surface area contributed by atoms with E-state index < -0.39 is 0 Å². The van der Waals surface area contributed by atoms with Crippen LogP contribution < -0.4 is 10.6 Å². The topological polar surface area (TPSA) is 29.4 Å². The monoisotopic (exact) mass is 170 g/mol. The van der Waals surface area contributed by atoms with Gasteiger partial charge in [0.2, 0.25) is 0 Å². The zero-order chi connectivity index (χ0) is 8.81. The SMILES string of the molecule is CN(C)CCNC1CC[N]CC1. The third-order valence-electron chi connectivity index (χ3n) is 2.26. The van der Waals surface area contributed by atoms with Crippen LogP contribution >= 0.6 is 0 Å². The molecule has 0 atom stereocenters. The van der Waals surface area contributed by atoms with Crippen molar-refractivity contribution in [3.63, 3.8) is 0 Å². The first-order valence-electron chi connectivity index (χ1n) is 4.80. The highest BCUT2D eigenvalue weighted by molar-refractivity contribution is 4.73. The van der Waals surface area contributed by atoms with Crippen molar-refractivity contribution in [2.45, 2.75) is 18.9 Å². The highest BCUT2D eigenvalue weighted by atomic mass is 15.1. The van der Waals surface area contributed by atoms with Crippen molar-refractivity contribution in [2.24, 2.45) is 0 Å². The van der Waals surface area contributed by atoms with Gasteiger partial charge in [-0.05, 0) is 26.9 Å². The lowest BCUT2D eigenvalue weighted by atomic mass is 10.1. The molecule has 0 unspecified atom stereocenters. The highest BCUT2D eigenvalue weighted by Gasteiger charge is 2.11. The van der Waals surface area contributed by atoms with Crippen molar-refractivity contribution in [1.82, 2.24) is 15.5 Å². The van der Waals surface area contributed by atoms with Crippen LogP contribution in [0.5, 0.6) is 0 Å². The van der Waals surface area contributed by atoms with Crippen LogP contribution in [-0.2, 0) is 0 Å². The van der Waals surface area contributed by atoms with E-state index in [2.05, 4.69) is 29.6 Å². The van der Waals surface area contributed by atoms with E-state index in [1.807, 2.05) is 0 Å². The number of rotatable bonds is 4. The molecule has 1 aliphatic rings. The van der Waals surface area contributed by atoms with E-state index in [9.17, 15) is 0 Å². The summed E-state index contributed by atoms with van der Waals surface area (Å²) in [5, 5.41) is 7.87. The molecule has 0 spiro atoms. The van der Waals surface area contributed by atoms with Crippen LogP contribution in [0.25, 0.3) is 0 Å². The zero-order valence-electron chi connectivity index (χ0n) is 8.21. The van der Waals surface area contributed by atoms with Crippen LogP contribution in [-0.4, -0.2) is 51.2 Å². The zero-order valence-corrected chi connectivity index (χ0v) is 8.21. The molecule has 3 nitrogen and oxygen atoms in total. The van der Waals surface area contributed by atoms with Crippen LogP contribution in [0.2, 0.25) is 0 Å². The fourth-order valence-corrected chi connectivity index (χ4v) is 1.45. The fourth-order valence-electron chi connectivity index (χ4n) is 1.45. The Hall–Kier alpha value is -0.120. The molecule has 0 aromatic heterocycles. The van der Waals surface area contributed by atoms with Crippen molar-refractivity contribution in [3.8, 4) is 0 Å². The molecule has 0 aliphatic carbocycles. The smallest absolute Gasteiger partial charge is 0.0148 e. The minimum atomic E-state index is 0.724. The molecule has 0 aromatic carbocycles. The van der Waals surface area contributed by atoms with Crippen molar-refractivity contribution in [2.75, 3.05) is 40.3 Å². The molecule has 1 heterocycles. The molecule has 3 heteroatoms. The van der Waals surface area contributed by atoms with Crippen molar-refractivity contribution in [1.29, 1.82) is 0 Å². The molecule has 12 heavy (non-hydrogen) atoms. The van der Waals surface area contributed by atoms with Crippen LogP contribution in [0, 0.1) is 0 Å². The lowest BCUT2D eigenvalue weighted by molar-refractivity contribution is 0.345. The average Bonchev–Trinajstić information content (AvgIpc) is 2.05. The minimum Gasteiger partial charge on any atom is -0.313 e. The quantitative estimate of drug-likeness (QED) is 0.638. The summed E-state index contributed by atoms with van der Waals surface area (Å²) in [5.74, 6) is 0. The molecule has 1 N–H and O–H groups in total. The van der Waals surface area contributed by atoms with Crippen LogP contribution in [0.3, 0.4) is 0 Å².